The summed E-state index contributed by atoms with van der Waals surface area (Å²) in [4.78, 5) is 12.2. The Morgan fingerprint density at radius 1 is 1.22 bits per heavy atom. The highest BCUT2D eigenvalue weighted by atomic mass is 32.2. The molecular formula is C15H12FN5OS. The fourth-order valence-electron chi connectivity index (χ4n) is 2.02. The number of aromatic nitrogens is 4. The molecule has 1 heterocycles. The molecule has 0 saturated carbocycles. The zero-order chi connectivity index (χ0) is 16.2. The van der Waals surface area contributed by atoms with Gasteiger partial charge in [0.15, 0.2) is 0 Å². The number of benzene rings is 2. The summed E-state index contributed by atoms with van der Waals surface area (Å²) in [5.74, 6) is -0.840. The van der Waals surface area contributed by atoms with Crippen molar-refractivity contribution >= 4 is 23.4 Å². The Hall–Kier alpha value is -2.74. The summed E-state index contributed by atoms with van der Waals surface area (Å²) < 4.78 is 14.8. The van der Waals surface area contributed by atoms with Crippen molar-refractivity contribution in [3.63, 3.8) is 0 Å². The van der Waals surface area contributed by atoms with Gasteiger partial charge >= 0.3 is 0 Å². The van der Waals surface area contributed by atoms with Crippen LogP contribution in [-0.4, -0.2) is 32.4 Å². The second-order valence-electron chi connectivity index (χ2n) is 4.59. The smallest absolute Gasteiger partial charge is 0.255 e. The van der Waals surface area contributed by atoms with Crippen LogP contribution in [0.15, 0.2) is 53.7 Å². The van der Waals surface area contributed by atoms with Crippen LogP contribution in [-0.2, 0) is 0 Å². The fraction of sp³-hybridized carbons (Fsp3) is 0.0667. The topological polar surface area (TPSA) is 72.7 Å². The van der Waals surface area contributed by atoms with Gasteiger partial charge in [-0.2, -0.15) is 4.68 Å². The lowest BCUT2D eigenvalue weighted by Crippen LogP contribution is -2.12. The molecule has 23 heavy (non-hydrogen) atoms. The SMILES string of the molecule is CSc1nnnn1-c1cccc(NC(=O)c2cccc(F)c2)c1. The van der Waals surface area contributed by atoms with E-state index in [1.54, 1.807) is 28.9 Å². The number of rotatable bonds is 4. The lowest BCUT2D eigenvalue weighted by atomic mass is 10.2. The summed E-state index contributed by atoms with van der Waals surface area (Å²) in [5.41, 5.74) is 1.54. The largest absolute Gasteiger partial charge is 0.322 e. The highest BCUT2D eigenvalue weighted by molar-refractivity contribution is 7.98. The molecule has 0 aliphatic rings. The van der Waals surface area contributed by atoms with Crippen molar-refractivity contribution in [2.45, 2.75) is 5.16 Å². The van der Waals surface area contributed by atoms with Crippen LogP contribution in [0, 0.1) is 5.82 Å². The minimum Gasteiger partial charge on any atom is -0.322 e. The maximum Gasteiger partial charge on any atom is 0.255 e. The first kappa shape index (κ1) is 15.2. The molecule has 0 fully saturated rings. The van der Waals surface area contributed by atoms with Crippen LogP contribution in [0.1, 0.15) is 10.4 Å². The van der Waals surface area contributed by atoms with Crippen LogP contribution in [0.3, 0.4) is 0 Å². The van der Waals surface area contributed by atoms with E-state index >= 15 is 0 Å². The number of nitrogens with zero attached hydrogens (tertiary/aromatic N) is 4. The maximum absolute atomic E-state index is 13.2. The van der Waals surface area contributed by atoms with Gasteiger partial charge in [-0.1, -0.05) is 23.9 Å². The summed E-state index contributed by atoms with van der Waals surface area (Å²) in [5, 5.41) is 14.8. The van der Waals surface area contributed by atoms with Gasteiger partial charge in [0.2, 0.25) is 5.16 Å². The predicted octanol–water partition coefficient (Wildman–Crippen LogP) is 2.78. The molecule has 1 amide bonds. The third-order valence-corrected chi connectivity index (χ3v) is 3.68. The van der Waals surface area contributed by atoms with Crippen molar-refractivity contribution in [3.8, 4) is 5.69 Å². The zero-order valence-corrected chi connectivity index (χ0v) is 12.9. The van der Waals surface area contributed by atoms with Gasteiger partial charge in [0.05, 0.1) is 5.69 Å². The maximum atomic E-state index is 13.2. The van der Waals surface area contributed by atoms with Crippen molar-refractivity contribution in [3.05, 3.63) is 59.9 Å². The summed E-state index contributed by atoms with van der Waals surface area (Å²) in [6.07, 6.45) is 1.87. The van der Waals surface area contributed by atoms with Gasteiger partial charge in [0.25, 0.3) is 5.91 Å². The van der Waals surface area contributed by atoms with Crippen LogP contribution in [0.2, 0.25) is 0 Å². The van der Waals surface area contributed by atoms with Gasteiger partial charge in [-0.25, -0.2) is 4.39 Å². The molecule has 0 spiro atoms. The Bertz CT molecular complexity index is 851. The van der Waals surface area contributed by atoms with Crippen LogP contribution in [0.4, 0.5) is 10.1 Å². The van der Waals surface area contributed by atoms with Gasteiger partial charge in [-0.05, 0) is 53.1 Å². The second-order valence-corrected chi connectivity index (χ2v) is 5.37. The molecule has 3 aromatic rings. The lowest BCUT2D eigenvalue weighted by molar-refractivity contribution is 0.102. The van der Waals surface area contributed by atoms with E-state index in [0.29, 0.717) is 10.8 Å². The monoisotopic (exact) mass is 329 g/mol. The van der Waals surface area contributed by atoms with E-state index in [-0.39, 0.29) is 11.5 Å². The molecule has 116 valence electrons. The number of halogens is 1. The van der Waals surface area contributed by atoms with Gasteiger partial charge in [-0.15, -0.1) is 5.10 Å². The molecule has 8 heteroatoms. The van der Waals surface area contributed by atoms with Crippen molar-refractivity contribution in [2.75, 3.05) is 11.6 Å². The van der Waals surface area contributed by atoms with Gasteiger partial charge in [0, 0.05) is 11.3 Å². The molecule has 3 rings (SSSR count). The van der Waals surface area contributed by atoms with Crippen LogP contribution in [0.25, 0.3) is 5.69 Å². The normalized spacial score (nSPS) is 10.5. The molecule has 0 atom stereocenters. The number of carbonyl (C=O) groups is 1. The van der Waals surface area contributed by atoms with E-state index < -0.39 is 5.82 Å². The molecule has 0 unspecified atom stereocenters. The van der Waals surface area contributed by atoms with Crippen molar-refractivity contribution in [1.82, 2.24) is 20.2 Å². The van der Waals surface area contributed by atoms with Crippen molar-refractivity contribution in [2.24, 2.45) is 0 Å². The molecule has 1 N–H and O–H groups in total. The second kappa shape index (κ2) is 6.57. The highest BCUT2D eigenvalue weighted by Gasteiger charge is 2.10. The fourth-order valence-corrected chi connectivity index (χ4v) is 2.45. The number of nitrogens with one attached hydrogen (secondary N) is 1. The Labute approximate surface area is 135 Å². The number of anilines is 1. The molecule has 0 radical (unpaired) electrons. The Morgan fingerprint density at radius 2 is 2.04 bits per heavy atom. The van der Waals surface area contributed by atoms with E-state index in [9.17, 15) is 9.18 Å². The Kier molecular flexibility index (Phi) is 4.33. The van der Waals surface area contributed by atoms with E-state index in [4.69, 9.17) is 0 Å². The van der Waals surface area contributed by atoms with E-state index in [1.165, 1.54) is 30.0 Å². The average molecular weight is 329 g/mol. The Balaban J connectivity index is 1.84. The molecule has 0 aliphatic carbocycles. The molecule has 0 bridgehead atoms. The Morgan fingerprint density at radius 3 is 2.83 bits per heavy atom. The molecule has 0 aliphatic heterocycles. The first-order valence-electron chi connectivity index (χ1n) is 6.67. The number of amides is 1. The highest BCUT2D eigenvalue weighted by Crippen LogP contribution is 2.19. The quantitative estimate of drug-likeness (QED) is 0.745. The van der Waals surface area contributed by atoms with Crippen molar-refractivity contribution < 1.29 is 9.18 Å². The van der Waals surface area contributed by atoms with Crippen LogP contribution >= 0.6 is 11.8 Å². The lowest BCUT2D eigenvalue weighted by Gasteiger charge is -2.08. The molecule has 1 aromatic heterocycles. The third-order valence-electron chi connectivity index (χ3n) is 3.06. The van der Waals surface area contributed by atoms with Gasteiger partial charge < -0.3 is 5.32 Å². The van der Waals surface area contributed by atoms with E-state index in [0.717, 1.165) is 5.69 Å². The standard InChI is InChI=1S/C15H12FN5OS/c1-23-15-18-19-20-21(15)13-7-3-6-12(9-13)17-14(22)10-4-2-5-11(16)8-10/h2-9H,1H3,(H,17,22). The van der Waals surface area contributed by atoms with Gasteiger partial charge in [0.1, 0.15) is 5.82 Å². The third kappa shape index (κ3) is 3.37. The number of hydrogen-bond donors (Lipinski definition) is 1. The van der Waals surface area contributed by atoms with Crippen LogP contribution in [0.5, 0.6) is 0 Å². The average Bonchev–Trinajstić information content (AvgIpc) is 3.04. The van der Waals surface area contributed by atoms with Crippen molar-refractivity contribution in [1.29, 1.82) is 0 Å². The predicted molar refractivity (Wildman–Crippen MR) is 85.3 cm³/mol. The first-order valence-corrected chi connectivity index (χ1v) is 7.89. The minimum atomic E-state index is -0.454. The summed E-state index contributed by atoms with van der Waals surface area (Å²) >= 11 is 1.41. The molecule has 2 aromatic carbocycles. The number of thioether (sulfide) groups is 1. The first-order chi connectivity index (χ1) is 11.2. The molecule has 0 saturated heterocycles. The van der Waals surface area contributed by atoms with E-state index in [2.05, 4.69) is 20.8 Å². The summed E-state index contributed by atoms with van der Waals surface area (Å²) in [6, 6.07) is 12.6. The van der Waals surface area contributed by atoms with E-state index in [1.807, 2.05) is 12.3 Å². The zero-order valence-electron chi connectivity index (χ0n) is 12.1. The van der Waals surface area contributed by atoms with Gasteiger partial charge in [-0.3, -0.25) is 4.79 Å². The summed E-state index contributed by atoms with van der Waals surface area (Å²) in [6.45, 7) is 0. The summed E-state index contributed by atoms with van der Waals surface area (Å²) in [7, 11) is 0. The molecule has 6 nitrogen and oxygen atoms in total. The minimum absolute atomic E-state index is 0.252. The number of hydrogen-bond acceptors (Lipinski definition) is 5. The number of tetrazole rings is 1. The molecular weight excluding hydrogens is 317 g/mol. The van der Waals surface area contributed by atoms with Crippen LogP contribution < -0.4 is 5.32 Å². The number of carbonyl (C=O) groups excluding carboxylic acids is 1.